The third-order valence-corrected chi connectivity index (χ3v) is 2.47. The van der Waals surface area contributed by atoms with Gasteiger partial charge in [-0.2, -0.15) is 0 Å². The molecule has 0 bridgehead atoms. The maximum absolute atomic E-state index is 10.5. The zero-order chi connectivity index (χ0) is 11.3. The fraction of sp³-hybridized carbons (Fsp3) is 0.333. The summed E-state index contributed by atoms with van der Waals surface area (Å²) in [6.07, 6.45) is 0.642. The average molecular weight is 275 g/mol. The molecule has 0 spiro atoms. The van der Waals surface area contributed by atoms with Gasteiger partial charge in [0.15, 0.2) is 0 Å². The number of aliphatic hydroxyl groups excluding tert-OH is 1. The summed E-state index contributed by atoms with van der Waals surface area (Å²) < 4.78 is 0.648. The monoisotopic (exact) mass is 274 g/mol. The Kier molecular flexibility index (Phi) is 4.51. The molecule has 0 aliphatic heterocycles. The molecule has 0 heterocycles. The highest BCUT2D eigenvalue weighted by Crippen LogP contribution is 2.26. The summed E-state index contributed by atoms with van der Waals surface area (Å²) in [5, 5.41) is 22.1. The number of anilines is 1. The van der Waals surface area contributed by atoms with Crippen LogP contribution in [0.25, 0.3) is 0 Å². The number of nitrogens with one attached hydrogen (secondary N) is 1. The number of hydrogen-bond acceptors (Lipinski definition) is 4. The highest BCUT2D eigenvalue weighted by atomic mass is 79.9. The van der Waals surface area contributed by atoms with Crippen LogP contribution in [0, 0.1) is 10.1 Å². The topological polar surface area (TPSA) is 75.4 Å². The maximum atomic E-state index is 10.5. The highest BCUT2D eigenvalue weighted by Gasteiger charge is 2.08. The van der Waals surface area contributed by atoms with Crippen LogP contribution in [0.15, 0.2) is 22.7 Å². The second-order valence-corrected chi connectivity index (χ2v) is 3.78. The Labute approximate surface area is 95.4 Å². The number of non-ortho nitro benzene ring substituents is 1. The third-order valence-electron chi connectivity index (χ3n) is 1.81. The minimum Gasteiger partial charge on any atom is -0.396 e. The first-order valence-corrected chi connectivity index (χ1v) is 5.23. The van der Waals surface area contributed by atoms with E-state index in [4.69, 9.17) is 5.11 Å². The van der Waals surface area contributed by atoms with Crippen LogP contribution in [0.3, 0.4) is 0 Å². The van der Waals surface area contributed by atoms with Crippen LogP contribution in [-0.2, 0) is 0 Å². The van der Waals surface area contributed by atoms with E-state index >= 15 is 0 Å². The highest BCUT2D eigenvalue weighted by molar-refractivity contribution is 9.10. The van der Waals surface area contributed by atoms with Gasteiger partial charge in [0.2, 0.25) is 0 Å². The summed E-state index contributed by atoms with van der Waals surface area (Å²) in [4.78, 5) is 10.0. The largest absolute Gasteiger partial charge is 0.396 e. The lowest BCUT2D eigenvalue weighted by Crippen LogP contribution is -2.04. The molecule has 0 saturated heterocycles. The summed E-state index contributed by atoms with van der Waals surface area (Å²) in [5.74, 6) is 0. The summed E-state index contributed by atoms with van der Waals surface area (Å²) >= 11 is 3.24. The van der Waals surface area contributed by atoms with E-state index in [9.17, 15) is 10.1 Å². The molecule has 0 unspecified atom stereocenters. The molecule has 0 radical (unpaired) electrons. The second kappa shape index (κ2) is 5.67. The van der Waals surface area contributed by atoms with Crippen molar-refractivity contribution in [1.29, 1.82) is 0 Å². The predicted octanol–water partition coefficient (Wildman–Crippen LogP) is 2.15. The molecule has 1 rings (SSSR count). The van der Waals surface area contributed by atoms with E-state index < -0.39 is 4.92 Å². The first-order valence-electron chi connectivity index (χ1n) is 4.44. The lowest BCUT2D eigenvalue weighted by Gasteiger charge is -2.06. The first-order chi connectivity index (χ1) is 7.15. The standard InChI is InChI=1S/C9H11BrN2O3/c10-8-6-7(12(14)15)2-3-9(8)11-4-1-5-13/h2-3,6,11,13H,1,4-5H2. The normalized spacial score (nSPS) is 10.0. The van der Waals surface area contributed by atoms with Gasteiger partial charge in [-0.15, -0.1) is 0 Å². The number of nitro benzene ring substituents is 1. The number of benzene rings is 1. The first kappa shape index (κ1) is 11.9. The van der Waals surface area contributed by atoms with E-state index in [0.29, 0.717) is 17.4 Å². The van der Waals surface area contributed by atoms with Gasteiger partial charge in [-0.3, -0.25) is 10.1 Å². The molecule has 2 N–H and O–H groups in total. The van der Waals surface area contributed by atoms with Crippen LogP contribution in [0.5, 0.6) is 0 Å². The number of rotatable bonds is 5. The van der Waals surface area contributed by atoms with Gasteiger partial charge in [0.25, 0.3) is 5.69 Å². The molecule has 0 aliphatic rings. The van der Waals surface area contributed by atoms with Crippen LogP contribution >= 0.6 is 15.9 Å². The van der Waals surface area contributed by atoms with E-state index in [1.54, 1.807) is 6.07 Å². The Bertz CT molecular complexity index is 357. The Hall–Kier alpha value is -1.14. The zero-order valence-electron chi connectivity index (χ0n) is 7.94. The molecule has 1 aromatic carbocycles. The average Bonchev–Trinajstić information content (AvgIpc) is 2.20. The fourth-order valence-corrected chi connectivity index (χ4v) is 1.57. The molecular formula is C9H11BrN2O3. The predicted molar refractivity (Wildman–Crippen MR) is 61.0 cm³/mol. The van der Waals surface area contributed by atoms with Gasteiger partial charge < -0.3 is 10.4 Å². The lowest BCUT2D eigenvalue weighted by atomic mass is 10.3. The number of nitro groups is 1. The number of halogens is 1. The molecule has 0 atom stereocenters. The molecule has 1 aromatic rings. The van der Waals surface area contributed by atoms with Crippen LogP contribution in [-0.4, -0.2) is 23.2 Å². The van der Waals surface area contributed by atoms with Crippen LogP contribution < -0.4 is 5.32 Å². The van der Waals surface area contributed by atoms with Gasteiger partial charge in [-0.05, 0) is 28.4 Å². The van der Waals surface area contributed by atoms with E-state index in [-0.39, 0.29) is 12.3 Å². The van der Waals surface area contributed by atoms with Crippen LogP contribution in [0.4, 0.5) is 11.4 Å². The van der Waals surface area contributed by atoms with Crippen molar-refractivity contribution in [1.82, 2.24) is 0 Å². The van der Waals surface area contributed by atoms with E-state index in [0.717, 1.165) is 5.69 Å². The SMILES string of the molecule is O=[N+]([O-])c1ccc(NCCCO)c(Br)c1. The Morgan fingerprint density at radius 3 is 2.80 bits per heavy atom. The smallest absolute Gasteiger partial charge is 0.270 e. The summed E-state index contributed by atoms with van der Waals surface area (Å²) in [5.41, 5.74) is 0.837. The van der Waals surface area contributed by atoms with Crippen molar-refractivity contribution in [3.63, 3.8) is 0 Å². The zero-order valence-corrected chi connectivity index (χ0v) is 9.53. The molecule has 6 heteroatoms. The van der Waals surface area contributed by atoms with Gasteiger partial charge >= 0.3 is 0 Å². The van der Waals surface area contributed by atoms with Gasteiger partial charge in [0.05, 0.1) is 4.92 Å². The molecule has 0 fully saturated rings. The Morgan fingerprint density at radius 1 is 1.53 bits per heavy atom. The molecule has 0 aliphatic carbocycles. The number of nitrogens with zero attached hydrogens (tertiary/aromatic N) is 1. The fourth-order valence-electron chi connectivity index (χ4n) is 1.06. The molecule has 0 amide bonds. The van der Waals surface area contributed by atoms with E-state index in [1.165, 1.54) is 12.1 Å². The van der Waals surface area contributed by atoms with Gasteiger partial charge in [-0.25, -0.2) is 0 Å². The number of hydrogen-bond donors (Lipinski definition) is 2. The summed E-state index contributed by atoms with van der Waals surface area (Å²) in [7, 11) is 0. The quantitative estimate of drug-likeness (QED) is 0.490. The van der Waals surface area contributed by atoms with Crippen molar-refractivity contribution in [2.24, 2.45) is 0 Å². The van der Waals surface area contributed by atoms with E-state index in [1.807, 2.05) is 0 Å². The molecular weight excluding hydrogens is 264 g/mol. The van der Waals surface area contributed by atoms with Crippen molar-refractivity contribution < 1.29 is 10.0 Å². The van der Waals surface area contributed by atoms with Crippen molar-refractivity contribution in [2.75, 3.05) is 18.5 Å². The molecule has 82 valence electrons. The van der Waals surface area contributed by atoms with Gasteiger partial charge in [-0.1, -0.05) is 0 Å². The van der Waals surface area contributed by atoms with Crippen molar-refractivity contribution in [3.8, 4) is 0 Å². The molecule has 15 heavy (non-hydrogen) atoms. The van der Waals surface area contributed by atoms with Crippen molar-refractivity contribution in [2.45, 2.75) is 6.42 Å². The molecule has 0 aromatic heterocycles. The molecule has 0 saturated carbocycles. The summed E-state index contributed by atoms with van der Waals surface area (Å²) in [6.45, 7) is 0.754. The molecule has 5 nitrogen and oxygen atoms in total. The third kappa shape index (κ3) is 3.49. The minimum atomic E-state index is -0.442. The second-order valence-electron chi connectivity index (χ2n) is 2.93. The van der Waals surface area contributed by atoms with E-state index in [2.05, 4.69) is 21.2 Å². The van der Waals surface area contributed by atoms with Crippen molar-refractivity contribution in [3.05, 3.63) is 32.8 Å². The van der Waals surface area contributed by atoms with Crippen LogP contribution in [0.2, 0.25) is 0 Å². The van der Waals surface area contributed by atoms with Gasteiger partial charge in [0, 0.05) is 35.4 Å². The Balaban J connectivity index is 2.70. The van der Waals surface area contributed by atoms with Crippen molar-refractivity contribution >= 4 is 27.3 Å². The van der Waals surface area contributed by atoms with Gasteiger partial charge in [0.1, 0.15) is 0 Å². The van der Waals surface area contributed by atoms with Crippen LogP contribution in [0.1, 0.15) is 6.42 Å². The summed E-state index contributed by atoms with van der Waals surface area (Å²) in [6, 6.07) is 4.52. The lowest BCUT2D eigenvalue weighted by molar-refractivity contribution is -0.384. The maximum Gasteiger partial charge on any atom is 0.270 e. The number of aliphatic hydroxyl groups is 1. The minimum absolute atomic E-state index is 0.0505. The Morgan fingerprint density at radius 2 is 2.27 bits per heavy atom.